The van der Waals surface area contributed by atoms with Crippen molar-refractivity contribution in [3.05, 3.63) is 87.4 Å². The van der Waals surface area contributed by atoms with Gasteiger partial charge in [-0.3, -0.25) is 4.79 Å². The third-order valence-corrected chi connectivity index (χ3v) is 6.02. The molecule has 3 rings (SSSR count). The first kappa shape index (κ1) is 23.1. The Kier molecular flexibility index (Phi) is 7.59. The van der Waals surface area contributed by atoms with Gasteiger partial charge in [0, 0.05) is 5.57 Å². The average molecular weight is 485 g/mol. The summed E-state index contributed by atoms with van der Waals surface area (Å²) >= 11 is 3.19. The van der Waals surface area contributed by atoms with Crippen molar-refractivity contribution in [2.24, 2.45) is 0 Å². The van der Waals surface area contributed by atoms with Gasteiger partial charge in [-0.2, -0.15) is 0 Å². The van der Waals surface area contributed by atoms with Crippen LogP contribution in [0.3, 0.4) is 0 Å². The molecule has 31 heavy (non-hydrogen) atoms. The molecule has 0 aliphatic heterocycles. The number of hydrogen-bond donors (Lipinski definition) is 2. The number of rotatable bonds is 8. The number of halogens is 1. The molecule has 0 amide bonds. The fourth-order valence-corrected chi connectivity index (χ4v) is 4.20. The molecule has 0 radical (unpaired) electrons. The van der Waals surface area contributed by atoms with Gasteiger partial charge in [-0.1, -0.05) is 48.9 Å². The first-order chi connectivity index (χ1) is 14.8. The van der Waals surface area contributed by atoms with E-state index in [4.69, 9.17) is 0 Å². The van der Waals surface area contributed by atoms with Crippen molar-refractivity contribution < 1.29 is 24.5 Å². The van der Waals surface area contributed by atoms with Gasteiger partial charge in [0.25, 0.3) is 0 Å². The molecule has 0 spiro atoms. The van der Waals surface area contributed by atoms with E-state index in [-0.39, 0.29) is 15.8 Å². The summed E-state index contributed by atoms with van der Waals surface area (Å²) in [6, 6.07) is 16.6. The third kappa shape index (κ3) is 5.39. The number of ether oxygens (including phenoxy) is 1. The topological polar surface area (TPSA) is 83.8 Å². The van der Waals surface area contributed by atoms with Crippen LogP contribution in [0.4, 0.5) is 0 Å². The molecule has 0 saturated heterocycles. The van der Waals surface area contributed by atoms with Gasteiger partial charge in [-0.25, -0.2) is 4.79 Å². The molecule has 5 nitrogen and oxygen atoms in total. The van der Waals surface area contributed by atoms with Gasteiger partial charge in [0.1, 0.15) is 5.60 Å². The van der Waals surface area contributed by atoms with E-state index in [0.29, 0.717) is 24.0 Å². The minimum absolute atomic E-state index is 0.0979. The molecule has 162 valence electrons. The van der Waals surface area contributed by atoms with Crippen molar-refractivity contribution in [3.8, 4) is 0 Å². The third-order valence-electron chi connectivity index (χ3n) is 5.43. The minimum Gasteiger partial charge on any atom is -0.465 e. The highest BCUT2D eigenvalue weighted by molar-refractivity contribution is 9.12. The second kappa shape index (κ2) is 10.2. The quantitative estimate of drug-likeness (QED) is 0.332. The largest absolute Gasteiger partial charge is 0.465 e. The zero-order valence-electron chi connectivity index (χ0n) is 17.3. The van der Waals surface area contributed by atoms with Gasteiger partial charge in [-0.15, -0.1) is 0 Å². The number of Topliss-reactive ketones (excluding diaryl/α,β-unsaturated/α-hetero) is 1. The highest BCUT2D eigenvalue weighted by Crippen LogP contribution is 2.38. The molecule has 0 heterocycles. The molecule has 0 aromatic heterocycles. The molecule has 0 saturated carbocycles. The lowest BCUT2D eigenvalue weighted by molar-refractivity contribution is -0.113. The highest BCUT2D eigenvalue weighted by atomic mass is 79.9. The number of unbranched alkanes of at least 4 members (excludes halogenated alkanes) is 1. The molecule has 2 N–H and O–H groups in total. The maximum absolute atomic E-state index is 12.6. The predicted octanol–water partition coefficient (Wildman–Crippen LogP) is 4.22. The highest BCUT2D eigenvalue weighted by Gasteiger charge is 2.46. The maximum atomic E-state index is 12.6. The van der Waals surface area contributed by atoms with Crippen LogP contribution in [0.25, 0.3) is 6.08 Å². The average Bonchev–Trinajstić information content (AvgIpc) is 3.01. The molecule has 0 bridgehead atoms. The van der Waals surface area contributed by atoms with Gasteiger partial charge in [0.15, 0.2) is 5.78 Å². The summed E-state index contributed by atoms with van der Waals surface area (Å²) in [7, 11) is 1.31. The second-order valence-electron chi connectivity index (χ2n) is 7.57. The van der Waals surface area contributed by atoms with Crippen LogP contribution >= 0.6 is 15.9 Å². The van der Waals surface area contributed by atoms with Crippen LogP contribution < -0.4 is 0 Å². The zero-order chi connectivity index (χ0) is 22.4. The number of carbonyl (C=O) groups excluding carboxylic acids is 2. The van der Waals surface area contributed by atoms with E-state index in [1.165, 1.54) is 18.7 Å². The molecule has 2 aromatic rings. The Hall–Kier alpha value is -2.54. The van der Waals surface area contributed by atoms with Crippen molar-refractivity contribution in [1.29, 1.82) is 0 Å². The smallest absolute Gasteiger partial charge is 0.337 e. The fraction of sp³-hybridized carbons (Fsp3) is 0.280. The Morgan fingerprint density at radius 3 is 2.45 bits per heavy atom. The summed E-state index contributed by atoms with van der Waals surface area (Å²) in [6.45, 7) is 0. The van der Waals surface area contributed by atoms with Crippen molar-refractivity contribution in [2.45, 2.75) is 37.4 Å². The van der Waals surface area contributed by atoms with Crippen molar-refractivity contribution in [3.63, 3.8) is 0 Å². The normalized spacial score (nSPS) is 20.6. The monoisotopic (exact) mass is 484 g/mol. The Bertz CT molecular complexity index is 994. The lowest BCUT2D eigenvalue weighted by atomic mass is 9.86. The number of carbonyl (C=O) groups is 2. The summed E-state index contributed by atoms with van der Waals surface area (Å²) in [5.74, 6) is -0.828. The van der Waals surface area contributed by atoms with Gasteiger partial charge in [-0.05, 0) is 70.6 Å². The SMILES string of the molecule is COC(=O)c1ccc(/C=C2/C(=O)C(Br)=C[C@@]2(O)[C@H](O)CCCCc2ccccc2)cc1. The first-order valence-corrected chi connectivity index (χ1v) is 10.9. The van der Waals surface area contributed by atoms with Gasteiger partial charge < -0.3 is 14.9 Å². The molecular formula is C25H25BrO5. The van der Waals surface area contributed by atoms with E-state index in [9.17, 15) is 19.8 Å². The Labute approximate surface area is 190 Å². The summed E-state index contributed by atoms with van der Waals surface area (Å²) in [6.07, 6.45) is 4.60. The molecule has 1 aliphatic carbocycles. The first-order valence-electron chi connectivity index (χ1n) is 10.1. The van der Waals surface area contributed by atoms with Crippen molar-refractivity contribution in [2.75, 3.05) is 7.11 Å². The molecule has 1 aliphatic rings. The number of allylic oxidation sites excluding steroid dienone is 1. The molecule has 2 aromatic carbocycles. The Balaban J connectivity index is 1.71. The van der Waals surface area contributed by atoms with E-state index in [0.717, 1.165) is 12.8 Å². The maximum Gasteiger partial charge on any atom is 0.337 e. The van der Waals surface area contributed by atoms with E-state index in [2.05, 4.69) is 32.8 Å². The fourth-order valence-electron chi connectivity index (χ4n) is 3.64. The van der Waals surface area contributed by atoms with Crippen LogP contribution in [0, 0.1) is 0 Å². The molecule has 0 unspecified atom stereocenters. The zero-order valence-corrected chi connectivity index (χ0v) is 18.8. The van der Waals surface area contributed by atoms with Gasteiger partial charge in [0.2, 0.25) is 0 Å². The molecular weight excluding hydrogens is 460 g/mol. The van der Waals surface area contributed by atoms with Crippen LogP contribution in [-0.2, 0) is 16.0 Å². The number of ketones is 1. The summed E-state index contributed by atoms with van der Waals surface area (Å²) < 4.78 is 4.90. The van der Waals surface area contributed by atoms with Crippen LogP contribution in [0.2, 0.25) is 0 Å². The minimum atomic E-state index is -1.77. The van der Waals surface area contributed by atoms with Crippen molar-refractivity contribution in [1.82, 2.24) is 0 Å². The number of aryl methyl sites for hydroxylation is 1. The van der Waals surface area contributed by atoms with Crippen molar-refractivity contribution >= 4 is 33.8 Å². The molecule has 6 heteroatoms. The number of benzene rings is 2. The van der Waals surface area contributed by atoms with E-state index >= 15 is 0 Å². The van der Waals surface area contributed by atoms with E-state index in [1.54, 1.807) is 30.3 Å². The lowest BCUT2D eigenvalue weighted by Gasteiger charge is -2.28. The Morgan fingerprint density at radius 1 is 1.13 bits per heavy atom. The number of aliphatic hydroxyl groups excluding tert-OH is 1. The lowest BCUT2D eigenvalue weighted by Crippen LogP contribution is -2.41. The number of methoxy groups -OCH3 is 1. The second-order valence-corrected chi connectivity index (χ2v) is 8.42. The number of aliphatic hydroxyl groups is 2. The number of esters is 1. The van der Waals surface area contributed by atoms with Crippen LogP contribution in [0.5, 0.6) is 0 Å². The van der Waals surface area contributed by atoms with Gasteiger partial charge in [0.05, 0.1) is 23.3 Å². The van der Waals surface area contributed by atoms with Crippen LogP contribution in [0.15, 0.2) is 70.7 Å². The Morgan fingerprint density at radius 2 is 1.81 bits per heavy atom. The summed E-state index contributed by atoms with van der Waals surface area (Å²) in [4.78, 5) is 24.2. The standard InChI is InChI=1S/C25H25BrO5/c1-31-24(29)19-13-11-18(12-14-19)15-20-23(28)21(26)16-25(20,30)22(27)10-6-5-9-17-7-3-2-4-8-17/h2-4,7-8,11-16,22,27,30H,5-6,9-10H2,1H3/b20-15-/t22-,25+/m1/s1. The summed E-state index contributed by atoms with van der Waals surface area (Å²) in [5.41, 5.74) is 0.562. The molecule has 2 atom stereocenters. The predicted molar refractivity (Wildman–Crippen MR) is 123 cm³/mol. The van der Waals surface area contributed by atoms with E-state index < -0.39 is 17.7 Å². The van der Waals surface area contributed by atoms with Gasteiger partial charge >= 0.3 is 5.97 Å². The number of hydrogen-bond acceptors (Lipinski definition) is 5. The van der Waals surface area contributed by atoms with E-state index in [1.807, 2.05) is 18.2 Å². The van der Waals surface area contributed by atoms with Crippen LogP contribution in [0.1, 0.15) is 40.7 Å². The summed E-state index contributed by atoms with van der Waals surface area (Å²) in [5, 5.41) is 22.0. The van der Waals surface area contributed by atoms with Crippen LogP contribution in [-0.4, -0.2) is 40.8 Å². The molecule has 0 fully saturated rings.